The van der Waals surface area contributed by atoms with Crippen LogP contribution in [0.3, 0.4) is 0 Å². The summed E-state index contributed by atoms with van der Waals surface area (Å²) in [4.78, 5) is 11.4. The van der Waals surface area contributed by atoms with Crippen molar-refractivity contribution in [2.24, 2.45) is 0 Å². The molecule has 0 saturated carbocycles. The molecule has 0 aliphatic rings. The molecule has 20 heavy (non-hydrogen) atoms. The van der Waals surface area contributed by atoms with Crippen LogP contribution in [0.5, 0.6) is 0 Å². The number of para-hydroxylation sites is 1. The van der Waals surface area contributed by atoms with Crippen molar-refractivity contribution in [2.75, 3.05) is 5.32 Å². The summed E-state index contributed by atoms with van der Waals surface area (Å²) in [6, 6.07) is 10.6. The van der Waals surface area contributed by atoms with Gasteiger partial charge < -0.3 is 10.4 Å². The summed E-state index contributed by atoms with van der Waals surface area (Å²) in [5, 5.41) is 13.4. The van der Waals surface area contributed by atoms with E-state index in [0.717, 1.165) is 0 Å². The van der Waals surface area contributed by atoms with E-state index in [4.69, 9.17) is 34.8 Å². The molecule has 2 N–H and O–H groups in total. The van der Waals surface area contributed by atoms with Crippen LogP contribution in [-0.4, -0.2) is 11.1 Å². The fourth-order valence-electron chi connectivity index (χ4n) is 1.71. The lowest BCUT2D eigenvalue weighted by molar-refractivity contribution is -0.138. The molecule has 0 bridgehead atoms. The van der Waals surface area contributed by atoms with Gasteiger partial charge in [0.15, 0.2) is 6.04 Å². The molecule has 0 aliphatic heterocycles. The Balaban J connectivity index is 2.34. The normalized spacial score (nSPS) is 11.9. The average Bonchev–Trinajstić information content (AvgIpc) is 2.41. The lowest BCUT2D eigenvalue weighted by Crippen LogP contribution is -2.20. The molecule has 1 atom stereocenters. The molecule has 0 spiro atoms. The molecule has 2 rings (SSSR count). The molecule has 0 heterocycles. The Kier molecular flexibility index (Phi) is 4.76. The van der Waals surface area contributed by atoms with Crippen molar-refractivity contribution in [3.8, 4) is 0 Å². The molecule has 0 fully saturated rings. The van der Waals surface area contributed by atoms with Crippen LogP contribution in [0, 0.1) is 0 Å². The lowest BCUT2D eigenvalue weighted by Gasteiger charge is -2.17. The lowest BCUT2D eigenvalue weighted by atomic mass is 10.1. The average molecular weight is 331 g/mol. The molecule has 1 unspecified atom stereocenters. The largest absolute Gasteiger partial charge is 0.479 e. The van der Waals surface area contributed by atoms with Gasteiger partial charge in [-0.05, 0) is 29.8 Å². The van der Waals surface area contributed by atoms with Gasteiger partial charge in [-0.2, -0.15) is 0 Å². The smallest absolute Gasteiger partial charge is 0.330 e. The molecule has 0 aromatic heterocycles. The first-order valence-electron chi connectivity index (χ1n) is 5.68. The van der Waals surface area contributed by atoms with Crippen LogP contribution in [0.25, 0.3) is 0 Å². The molecule has 0 radical (unpaired) electrons. The molecule has 2 aromatic rings. The highest BCUT2D eigenvalue weighted by Crippen LogP contribution is 2.29. The number of benzene rings is 2. The number of hydrogen-bond acceptors (Lipinski definition) is 2. The maximum atomic E-state index is 11.4. The number of carboxylic acid groups (broad SMARTS) is 1. The summed E-state index contributed by atoms with van der Waals surface area (Å²) in [5.41, 5.74) is 1.03. The van der Waals surface area contributed by atoms with Crippen molar-refractivity contribution < 1.29 is 9.90 Å². The van der Waals surface area contributed by atoms with Gasteiger partial charge in [-0.25, -0.2) is 4.79 Å². The van der Waals surface area contributed by atoms with Crippen molar-refractivity contribution in [1.29, 1.82) is 0 Å². The molecule has 0 aliphatic carbocycles. The Labute approximate surface area is 131 Å². The highest BCUT2D eigenvalue weighted by molar-refractivity contribution is 6.42. The quantitative estimate of drug-likeness (QED) is 0.839. The predicted octanol–water partition coefficient (Wildman–Crippen LogP) is 4.88. The van der Waals surface area contributed by atoms with E-state index < -0.39 is 12.0 Å². The molecule has 0 saturated heterocycles. The van der Waals surface area contributed by atoms with Crippen molar-refractivity contribution in [1.82, 2.24) is 0 Å². The number of aliphatic carboxylic acids is 1. The molecule has 104 valence electrons. The molecular formula is C14H10Cl3NO2. The molecular weight excluding hydrogens is 321 g/mol. The number of carbonyl (C=O) groups is 1. The van der Waals surface area contributed by atoms with Crippen LogP contribution in [0.2, 0.25) is 15.1 Å². The minimum Gasteiger partial charge on any atom is -0.479 e. The first kappa shape index (κ1) is 15.0. The Morgan fingerprint density at radius 3 is 2.30 bits per heavy atom. The highest BCUT2D eigenvalue weighted by atomic mass is 35.5. The van der Waals surface area contributed by atoms with E-state index >= 15 is 0 Å². The van der Waals surface area contributed by atoms with E-state index in [9.17, 15) is 9.90 Å². The Morgan fingerprint density at radius 2 is 1.70 bits per heavy atom. The zero-order valence-corrected chi connectivity index (χ0v) is 12.4. The first-order valence-corrected chi connectivity index (χ1v) is 6.81. The van der Waals surface area contributed by atoms with Gasteiger partial charge in [0.05, 0.1) is 20.8 Å². The molecule has 3 nitrogen and oxygen atoms in total. The van der Waals surface area contributed by atoms with Crippen molar-refractivity contribution in [3.05, 3.63) is 63.1 Å². The van der Waals surface area contributed by atoms with Crippen LogP contribution >= 0.6 is 34.8 Å². The van der Waals surface area contributed by atoms with Crippen LogP contribution in [-0.2, 0) is 4.79 Å². The minimum atomic E-state index is -1.04. The summed E-state index contributed by atoms with van der Waals surface area (Å²) < 4.78 is 0. The van der Waals surface area contributed by atoms with E-state index in [1.54, 1.807) is 36.4 Å². The number of carboxylic acids is 1. The number of nitrogens with one attached hydrogen (secondary N) is 1. The summed E-state index contributed by atoms with van der Waals surface area (Å²) in [5.74, 6) is -1.04. The molecule has 0 amide bonds. The summed E-state index contributed by atoms with van der Waals surface area (Å²) in [6.07, 6.45) is 0. The Hall–Kier alpha value is -1.42. The van der Waals surface area contributed by atoms with E-state index in [0.29, 0.717) is 26.3 Å². The van der Waals surface area contributed by atoms with Gasteiger partial charge in [0.2, 0.25) is 0 Å². The van der Waals surface area contributed by atoms with Crippen LogP contribution in [0.15, 0.2) is 42.5 Å². The van der Waals surface area contributed by atoms with Gasteiger partial charge in [0.25, 0.3) is 0 Å². The van der Waals surface area contributed by atoms with E-state index in [-0.39, 0.29) is 0 Å². The second-order valence-corrected chi connectivity index (χ2v) is 5.29. The molecule has 2 aromatic carbocycles. The number of anilines is 1. The number of halogens is 3. The Bertz CT molecular complexity index is 646. The van der Waals surface area contributed by atoms with Crippen LogP contribution < -0.4 is 5.32 Å². The first-order chi connectivity index (χ1) is 9.49. The zero-order valence-electron chi connectivity index (χ0n) is 10.1. The fraction of sp³-hybridized carbons (Fsp3) is 0.0714. The monoisotopic (exact) mass is 329 g/mol. The maximum absolute atomic E-state index is 11.4. The topological polar surface area (TPSA) is 49.3 Å². The third kappa shape index (κ3) is 3.37. The van der Waals surface area contributed by atoms with Crippen LogP contribution in [0.1, 0.15) is 11.6 Å². The minimum absolute atomic E-state index is 0.302. The van der Waals surface area contributed by atoms with Crippen molar-refractivity contribution in [3.63, 3.8) is 0 Å². The summed E-state index contributed by atoms with van der Waals surface area (Å²) in [7, 11) is 0. The second-order valence-electron chi connectivity index (χ2n) is 4.07. The van der Waals surface area contributed by atoms with E-state index in [2.05, 4.69) is 5.32 Å². The third-order valence-electron chi connectivity index (χ3n) is 2.70. The zero-order chi connectivity index (χ0) is 14.7. The summed E-state index contributed by atoms with van der Waals surface area (Å²) in [6.45, 7) is 0. The fourth-order valence-corrected chi connectivity index (χ4v) is 2.21. The molecule has 6 heteroatoms. The van der Waals surface area contributed by atoms with Crippen molar-refractivity contribution >= 4 is 46.5 Å². The van der Waals surface area contributed by atoms with E-state index in [1.807, 2.05) is 0 Å². The van der Waals surface area contributed by atoms with Gasteiger partial charge in [0, 0.05) is 0 Å². The SMILES string of the molecule is O=C(O)C(Nc1ccccc1Cl)c1ccc(Cl)c(Cl)c1. The second kappa shape index (κ2) is 6.35. The maximum Gasteiger partial charge on any atom is 0.330 e. The highest BCUT2D eigenvalue weighted by Gasteiger charge is 2.21. The van der Waals surface area contributed by atoms with Gasteiger partial charge in [-0.1, -0.05) is 53.0 Å². The third-order valence-corrected chi connectivity index (χ3v) is 3.77. The van der Waals surface area contributed by atoms with Gasteiger partial charge in [0.1, 0.15) is 0 Å². The van der Waals surface area contributed by atoms with E-state index in [1.165, 1.54) is 6.07 Å². The van der Waals surface area contributed by atoms with Crippen LogP contribution in [0.4, 0.5) is 5.69 Å². The van der Waals surface area contributed by atoms with Gasteiger partial charge in [-0.15, -0.1) is 0 Å². The van der Waals surface area contributed by atoms with Gasteiger partial charge in [-0.3, -0.25) is 0 Å². The van der Waals surface area contributed by atoms with Crippen molar-refractivity contribution in [2.45, 2.75) is 6.04 Å². The number of hydrogen-bond donors (Lipinski definition) is 2. The standard InChI is InChI=1S/C14H10Cl3NO2/c15-9-6-5-8(7-11(9)17)13(14(19)20)18-12-4-2-1-3-10(12)16/h1-7,13,18H,(H,19,20). The predicted molar refractivity (Wildman–Crippen MR) is 81.9 cm³/mol. The summed E-state index contributed by atoms with van der Waals surface area (Å²) >= 11 is 17.8. The number of rotatable bonds is 4. The van der Waals surface area contributed by atoms with Gasteiger partial charge >= 0.3 is 5.97 Å². The Morgan fingerprint density at radius 1 is 1.00 bits per heavy atom.